The molecule has 0 aliphatic carbocycles. The lowest BCUT2D eigenvalue weighted by Crippen LogP contribution is -2.32. The van der Waals surface area contributed by atoms with Crippen LogP contribution in [-0.2, 0) is 14.8 Å². The zero-order valence-electron chi connectivity index (χ0n) is 12.7. The van der Waals surface area contributed by atoms with Crippen molar-refractivity contribution in [3.63, 3.8) is 0 Å². The van der Waals surface area contributed by atoms with Gasteiger partial charge >= 0.3 is 0 Å². The molecule has 1 aromatic rings. The van der Waals surface area contributed by atoms with Crippen molar-refractivity contribution in [3.05, 3.63) is 12.5 Å². The van der Waals surface area contributed by atoms with Crippen molar-refractivity contribution in [2.75, 3.05) is 26.3 Å². The van der Waals surface area contributed by atoms with Crippen LogP contribution in [0.25, 0.3) is 0 Å². The summed E-state index contributed by atoms with van der Waals surface area (Å²) < 4.78 is 34.3. The average Bonchev–Trinajstić information content (AvgIpc) is 3.19. The van der Waals surface area contributed by atoms with Crippen molar-refractivity contribution in [3.8, 4) is 0 Å². The first kappa shape index (κ1) is 15.0. The molecule has 2 aliphatic heterocycles. The van der Waals surface area contributed by atoms with Crippen LogP contribution >= 0.6 is 0 Å². The lowest BCUT2D eigenvalue weighted by atomic mass is 9.87. The molecule has 6 nitrogen and oxygen atoms in total. The second kappa shape index (κ2) is 5.37. The number of rotatable bonds is 4. The third-order valence-electron chi connectivity index (χ3n) is 4.87. The molecule has 0 amide bonds. The van der Waals surface area contributed by atoms with E-state index in [1.807, 2.05) is 4.57 Å². The van der Waals surface area contributed by atoms with Gasteiger partial charge in [0.05, 0.1) is 12.9 Å². The van der Waals surface area contributed by atoms with E-state index < -0.39 is 10.0 Å². The fourth-order valence-electron chi connectivity index (χ4n) is 3.11. The highest BCUT2D eigenvalue weighted by molar-refractivity contribution is 7.89. The summed E-state index contributed by atoms with van der Waals surface area (Å²) in [5.41, 5.74) is 0.0341. The zero-order valence-corrected chi connectivity index (χ0v) is 13.5. The van der Waals surface area contributed by atoms with E-state index in [1.54, 1.807) is 16.8 Å². The molecular formula is C14H23N3O3S. The molecule has 3 heterocycles. The molecule has 2 atom stereocenters. The summed E-state index contributed by atoms with van der Waals surface area (Å²) in [6.45, 7) is 6.69. The molecule has 1 spiro atoms. The second-order valence-corrected chi connectivity index (χ2v) is 8.19. The van der Waals surface area contributed by atoms with Crippen LogP contribution in [0.2, 0.25) is 0 Å². The lowest BCUT2D eigenvalue weighted by molar-refractivity contribution is 0.157. The van der Waals surface area contributed by atoms with Crippen molar-refractivity contribution in [2.24, 2.45) is 5.41 Å². The molecule has 1 aromatic heterocycles. The highest BCUT2D eigenvalue weighted by atomic mass is 32.2. The molecule has 0 N–H and O–H groups in total. The topological polar surface area (TPSA) is 64.4 Å². The largest absolute Gasteiger partial charge is 0.381 e. The summed E-state index contributed by atoms with van der Waals surface area (Å²) in [5.74, 6) is 0. The quantitative estimate of drug-likeness (QED) is 0.848. The zero-order chi connectivity index (χ0) is 15.1. The molecule has 118 valence electrons. The highest BCUT2D eigenvalue weighted by Gasteiger charge is 2.45. The van der Waals surface area contributed by atoms with Gasteiger partial charge in [0, 0.05) is 37.4 Å². The normalized spacial score (nSPS) is 28.5. The first-order valence-corrected chi connectivity index (χ1v) is 9.02. The van der Waals surface area contributed by atoms with Gasteiger partial charge in [0.25, 0.3) is 10.0 Å². The molecule has 7 heteroatoms. The number of hydrogen-bond acceptors (Lipinski definition) is 4. The van der Waals surface area contributed by atoms with Gasteiger partial charge in [-0.1, -0.05) is 6.92 Å². The van der Waals surface area contributed by atoms with Crippen LogP contribution in [0, 0.1) is 5.41 Å². The lowest BCUT2D eigenvalue weighted by Gasteiger charge is -2.21. The van der Waals surface area contributed by atoms with Gasteiger partial charge in [-0.25, -0.2) is 13.4 Å². The minimum atomic E-state index is -3.48. The summed E-state index contributed by atoms with van der Waals surface area (Å²) in [4.78, 5) is 4.12. The van der Waals surface area contributed by atoms with Gasteiger partial charge in [0.1, 0.15) is 0 Å². The summed E-state index contributed by atoms with van der Waals surface area (Å²) in [7, 11) is -3.48. The number of nitrogens with zero attached hydrogens (tertiary/aromatic N) is 3. The van der Waals surface area contributed by atoms with E-state index in [-0.39, 0.29) is 16.5 Å². The van der Waals surface area contributed by atoms with Gasteiger partial charge in [0.2, 0.25) is 0 Å². The molecule has 0 unspecified atom stereocenters. The fraction of sp³-hybridized carbons (Fsp3) is 0.786. The summed E-state index contributed by atoms with van der Waals surface area (Å²) >= 11 is 0. The molecule has 21 heavy (non-hydrogen) atoms. The maximum atomic E-state index is 12.7. The van der Waals surface area contributed by atoms with Crippen molar-refractivity contribution < 1.29 is 13.2 Å². The van der Waals surface area contributed by atoms with Crippen molar-refractivity contribution in [1.82, 2.24) is 13.9 Å². The Hall–Kier alpha value is -0.920. The fourth-order valence-corrected chi connectivity index (χ4v) is 4.58. The summed E-state index contributed by atoms with van der Waals surface area (Å²) in [6.07, 6.45) is 6.06. The Morgan fingerprint density at radius 2 is 2.29 bits per heavy atom. The summed E-state index contributed by atoms with van der Waals surface area (Å²) in [5, 5.41) is 0.166. The molecule has 0 radical (unpaired) electrons. The first-order chi connectivity index (χ1) is 9.97. The van der Waals surface area contributed by atoms with Gasteiger partial charge in [-0.15, -0.1) is 0 Å². The first-order valence-electron chi connectivity index (χ1n) is 7.58. The van der Waals surface area contributed by atoms with Crippen molar-refractivity contribution in [2.45, 2.75) is 44.2 Å². The van der Waals surface area contributed by atoms with E-state index in [1.165, 1.54) is 0 Å². The minimum Gasteiger partial charge on any atom is -0.381 e. The maximum Gasteiger partial charge on any atom is 0.262 e. The highest BCUT2D eigenvalue weighted by Crippen LogP contribution is 2.40. The van der Waals surface area contributed by atoms with Gasteiger partial charge in [0.15, 0.2) is 5.03 Å². The predicted molar refractivity (Wildman–Crippen MR) is 78.5 cm³/mol. The summed E-state index contributed by atoms with van der Waals surface area (Å²) in [6, 6.07) is 0.259. The van der Waals surface area contributed by atoms with Crippen molar-refractivity contribution in [1.29, 1.82) is 0 Å². The third-order valence-corrected chi connectivity index (χ3v) is 6.60. The Balaban J connectivity index is 1.79. The van der Waals surface area contributed by atoms with Crippen LogP contribution in [0.1, 0.15) is 39.2 Å². The Morgan fingerprint density at radius 3 is 2.95 bits per heavy atom. The second-order valence-electron chi connectivity index (χ2n) is 6.31. The SMILES string of the molecule is CC[C@@H](C)n1cnc(S(=O)(=O)N2CC[C@]3(CCOC3)C2)c1. The molecule has 2 saturated heterocycles. The monoisotopic (exact) mass is 313 g/mol. The Morgan fingerprint density at radius 1 is 1.48 bits per heavy atom. The van der Waals surface area contributed by atoms with Crippen LogP contribution in [0.15, 0.2) is 17.6 Å². The van der Waals surface area contributed by atoms with Crippen LogP contribution in [0.4, 0.5) is 0 Å². The van der Waals surface area contributed by atoms with Crippen LogP contribution in [-0.4, -0.2) is 48.6 Å². The maximum absolute atomic E-state index is 12.7. The van der Waals surface area contributed by atoms with Gasteiger partial charge < -0.3 is 9.30 Å². The molecule has 0 bridgehead atoms. The van der Waals surface area contributed by atoms with Gasteiger partial charge in [-0.2, -0.15) is 4.31 Å². The van der Waals surface area contributed by atoms with E-state index in [0.29, 0.717) is 19.7 Å². The van der Waals surface area contributed by atoms with E-state index in [2.05, 4.69) is 18.8 Å². The van der Waals surface area contributed by atoms with Crippen LogP contribution in [0.3, 0.4) is 0 Å². The molecule has 3 rings (SSSR count). The molecular weight excluding hydrogens is 290 g/mol. The Kier molecular flexibility index (Phi) is 3.83. The van der Waals surface area contributed by atoms with Gasteiger partial charge in [-0.05, 0) is 26.2 Å². The number of ether oxygens (including phenoxy) is 1. The number of hydrogen-bond donors (Lipinski definition) is 0. The smallest absolute Gasteiger partial charge is 0.262 e. The van der Waals surface area contributed by atoms with Gasteiger partial charge in [-0.3, -0.25) is 0 Å². The van der Waals surface area contributed by atoms with E-state index in [9.17, 15) is 8.42 Å². The van der Waals surface area contributed by atoms with Crippen molar-refractivity contribution >= 4 is 10.0 Å². The minimum absolute atomic E-state index is 0.0341. The van der Waals surface area contributed by atoms with E-state index >= 15 is 0 Å². The van der Waals surface area contributed by atoms with Crippen LogP contribution < -0.4 is 0 Å². The molecule has 2 aliphatic rings. The van der Waals surface area contributed by atoms with E-state index in [0.717, 1.165) is 25.9 Å². The number of imidazole rings is 1. The Bertz CT molecular complexity index is 605. The predicted octanol–water partition coefficient (Wildman–Crippen LogP) is 1.66. The van der Waals surface area contributed by atoms with Crippen LogP contribution in [0.5, 0.6) is 0 Å². The average molecular weight is 313 g/mol. The Labute approximate surface area is 126 Å². The number of sulfonamides is 1. The standard InChI is InChI=1S/C14H23N3O3S/c1-3-12(2)16-8-13(15-11-16)21(18,19)17-6-4-14(9-17)5-7-20-10-14/h8,11-12H,3-7,9-10H2,1-2H3/t12-,14+/m1/s1. The third kappa shape index (κ3) is 2.62. The number of aromatic nitrogens is 2. The molecule has 0 saturated carbocycles. The molecule has 0 aromatic carbocycles. The molecule has 2 fully saturated rings. The van der Waals surface area contributed by atoms with E-state index in [4.69, 9.17) is 4.74 Å².